The zero-order valence-electron chi connectivity index (χ0n) is 12.0. The van der Waals surface area contributed by atoms with Crippen molar-refractivity contribution in [2.24, 2.45) is 0 Å². The van der Waals surface area contributed by atoms with Crippen molar-refractivity contribution in [3.8, 4) is 11.5 Å². The van der Waals surface area contributed by atoms with Crippen molar-refractivity contribution in [1.82, 2.24) is 0 Å². The zero-order chi connectivity index (χ0) is 15.1. The fraction of sp³-hybridized carbons (Fsp3) is 0.294. The first kappa shape index (κ1) is 15.4. The van der Waals surface area contributed by atoms with Crippen LogP contribution in [0, 0.1) is 0 Å². The predicted octanol–water partition coefficient (Wildman–Crippen LogP) is 2.56. The van der Waals surface area contributed by atoms with Gasteiger partial charge in [-0.25, -0.2) is 0 Å². The molecule has 0 aliphatic carbocycles. The van der Waals surface area contributed by atoms with Gasteiger partial charge in [0.15, 0.2) is 17.6 Å². The number of ether oxygens (including phenoxy) is 2. The molecular formula is C17H20O4. The Bertz CT molecular complexity index is 541. The Balaban J connectivity index is 2.27. The molecule has 0 heterocycles. The smallest absolute Gasteiger partial charge is 0.162 e. The third-order valence-corrected chi connectivity index (χ3v) is 3.07. The van der Waals surface area contributed by atoms with Gasteiger partial charge >= 0.3 is 0 Å². The van der Waals surface area contributed by atoms with Gasteiger partial charge in [-0.1, -0.05) is 42.5 Å². The van der Waals surface area contributed by atoms with Crippen LogP contribution < -0.4 is 9.47 Å². The standard InChI is InChI=1S/C17H20O4/c1-2-20-15-10-6-7-11-16(15)21-17(14(19)12-18)13-8-4-3-5-9-13/h3-11,14,17-19H,2,12H2,1H3/t14-,17-/m1/s1. The third-order valence-electron chi connectivity index (χ3n) is 3.07. The van der Waals surface area contributed by atoms with Crippen LogP contribution in [-0.2, 0) is 0 Å². The van der Waals surface area contributed by atoms with Crippen molar-refractivity contribution < 1.29 is 19.7 Å². The van der Waals surface area contributed by atoms with Crippen LogP contribution in [0.2, 0.25) is 0 Å². The first-order valence-electron chi connectivity index (χ1n) is 6.98. The lowest BCUT2D eigenvalue weighted by molar-refractivity contribution is -0.00305. The lowest BCUT2D eigenvalue weighted by Gasteiger charge is -2.24. The van der Waals surface area contributed by atoms with Crippen molar-refractivity contribution in [3.05, 3.63) is 60.2 Å². The summed E-state index contributed by atoms with van der Waals surface area (Å²) >= 11 is 0. The maximum atomic E-state index is 10.0. The second-order valence-corrected chi connectivity index (χ2v) is 4.58. The summed E-state index contributed by atoms with van der Waals surface area (Å²) in [5.74, 6) is 1.16. The monoisotopic (exact) mass is 288 g/mol. The van der Waals surface area contributed by atoms with Gasteiger partial charge in [0, 0.05) is 0 Å². The van der Waals surface area contributed by atoms with Gasteiger partial charge in [-0.3, -0.25) is 0 Å². The average molecular weight is 288 g/mol. The zero-order valence-corrected chi connectivity index (χ0v) is 12.0. The molecule has 0 amide bonds. The van der Waals surface area contributed by atoms with Crippen molar-refractivity contribution in [1.29, 1.82) is 0 Å². The Hall–Kier alpha value is -2.04. The van der Waals surface area contributed by atoms with Crippen LogP contribution in [0.1, 0.15) is 18.6 Å². The van der Waals surface area contributed by atoms with E-state index in [1.807, 2.05) is 55.5 Å². The molecule has 4 nitrogen and oxygen atoms in total. The molecule has 21 heavy (non-hydrogen) atoms. The quantitative estimate of drug-likeness (QED) is 0.822. The predicted molar refractivity (Wildman–Crippen MR) is 80.5 cm³/mol. The van der Waals surface area contributed by atoms with Crippen molar-refractivity contribution in [2.45, 2.75) is 19.1 Å². The second-order valence-electron chi connectivity index (χ2n) is 4.58. The van der Waals surface area contributed by atoms with Crippen molar-refractivity contribution >= 4 is 0 Å². The van der Waals surface area contributed by atoms with Gasteiger partial charge in [0.1, 0.15) is 6.10 Å². The molecule has 2 atom stereocenters. The normalized spacial score (nSPS) is 13.5. The first-order chi connectivity index (χ1) is 10.3. The Kier molecular flexibility index (Phi) is 5.60. The highest BCUT2D eigenvalue weighted by Crippen LogP contribution is 2.32. The van der Waals surface area contributed by atoms with E-state index in [4.69, 9.17) is 9.47 Å². The van der Waals surface area contributed by atoms with Crippen molar-refractivity contribution in [3.63, 3.8) is 0 Å². The van der Waals surface area contributed by atoms with Crippen LogP contribution in [0.15, 0.2) is 54.6 Å². The summed E-state index contributed by atoms with van der Waals surface area (Å²) in [6.07, 6.45) is -1.67. The van der Waals surface area contributed by atoms with Gasteiger partial charge in [-0.05, 0) is 24.6 Å². The van der Waals surface area contributed by atoms with E-state index in [-0.39, 0.29) is 6.61 Å². The molecule has 0 fully saturated rings. The minimum atomic E-state index is -1.01. The minimum absolute atomic E-state index is 0.379. The highest BCUT2D eigenvalue weighted by molar-refractivity contribution is 5.40. The second kappa shape index (κ2) is 7.67. The van der Waals surface area contributed by atoms with Gasteiger partial charge < -0.3 is 19.7 Å². The molecule has 0 spiro atoms. The van der Waals surface area contributed by atoms with E-state index in [1.54, 1.807) is 6.07 Å². The third kappa shape index (κ3) is 3.97. The van der Waals surface area contributed by atoms with Crippen LogP contribution in [-0.4, -0.2) is 29.5 Å². The van der Waals surface area contributed by atoms with Crippen LogP contribution in [0.25, 0.3) is 0 Å². The van der Waals surface area contributed by atoms with Crippen molar-refractivity contribution in [2.75, 3.05) is 13.2 Å². The molecule has 2 rings (SSSR count). The molecule has 2 aromatic rings. The van der Waals surface area contributed by atoms with Crippen LogP contribution in [0.5, 0.6) is 11.5 Å². The van der Waals surface area contributed by atoms with E-state index in [0.29, 0.717) is 18.1 Å². The molecule has 0 saturated carbocycles. The molecule has 112 valence electrons. The summed E-state index contributed by atoms with van der Waals surface area (Å²) in [5.41, 5.74) is 0.797. The molecule has 4 heteroatoms. The highest BCUT2D eigenvalue weighted by Gasteiger charge is 2.23. The molecular weight excluding hydrogens is 268 g/mol. The molecule has 0 unspecified atom stereocenters. The fourth-order valence-electron chi connectivity index (χ4n) is 2.07. The van der Waals surface area contributed by atoms with Gasteiger partial charge in [-0.15, -0.1) is 0 Å². The Labute approximate surface area is 124 Å². The van der Waals surface area contributed by atoms with Crippen LogP contribution >= 0.6 is 0 Å². The number of para-hydroxylation sites is 2. The average Bonchev–Trinajstić information content (AvgIpc) is 2.54. The van der Waals surface area contributed by atoms with Crippen LogP contribution in [0.4, 0.5) is 0 Å². The number of hydrogen-bond acceptors (Lipinski definition) is 4. The summed E-state index contributed by atoms with van der Waals surface area (Å²) in [6.45, 7) is 2.04. The van der Waals surface area contributed by atoms with E-state index in [2.05, 4.69) is 0 Å². The lowest BCUT2D eigenvalue weighted by Crippen LogP contribution is -2.27. The Morgan fingerprint density at radius 1 is 0.952 bits per heavy atom. The number of benzene rings is 2. The van der Waals surface area contributed by atoms with E-state index in [0.717, 1.165) is 5.56 Å². The van der Waals surface area contributed by atoms with E-state index < -0.39 is 12.2 Å². The largest absolute Gasteiger partial charge is 0.490 e. The highest BCUT2D eigenvalue weighted by atomic mass is 16.5. The van der Waals surface area contributed by atoms with E-state index in [9.17, 15) is 10.2 Å². The summed E-state index contributed by atoms with van der Waals surface area (Å²) in [7, 11) is 0. The van der Waals surface area contributed by atoms with Gasteiger partial charge in [0.05, 0.1) is 13.2 Å². The fourth-order valence-corrected chi connectivity index (χ4v) is 2.07. The summed E-state index contributed by atoms with van der Waals surface area (Å²) < 4.78 is 11.4. The molecule has 0 aliphatic rings. The van der Waals surface area contributed by atoms with E-state index in [1.165, 1.54) is 0 Å². The summed E-state index contributed by atoms with van der Waals surface area (Å²) in [4.78, 5) is 0. The Morgan fingerprint density at radius 2 is 1.57 bits per heavy atom. The number of rotatable bonds is 7. The number of hydrogen-bond donors (Lipinski definition) is 2. The number of aliphatic hydroxyl groups is 2. The van der Waals surface area contributed by atoms with Gasteiger partial charge in [0.2, 0.25) is 0 Å². The molecule has 2 aromatic carbocycles. The lowest BCUT2D eigenvalue weighted by atomic mass is 10.0. The van der Waals surface area contributed by atoms with Gasteiger partial charge in [0.25, 0.3) is 0 Å². The maximum absolute atomic E-state index is 10.0. The first-order valence-corrected chi connectivity index (χ1v) is 6.98. The summed E-state index contributed by atoms with van der Waals surface area (Å²) in [5, 5.41) is 19.3. The van der Waals surface area contributed by atoms with Crippen LogP contribution in [0.3, 0.4) is 0 Å². The Morgan fingerprint density at radius 3 is 2.19 bits per heavy atom. The molecule has 0 bridgehead atoms. The minimum Gasteiger partial charge on any atom is -0.490 e. The molecule has 2 N–H and O–H groups in total. The SMILES string of the molecule is CCOc1ccccc1O[C@H](c1ccccc1)[C@H](O)CO. The van der Waals surface area contributed by atoms with Gasteiger partial charge in [-0.2, -0.15) is 0 Å². The summed E-state index contributed by atoms with van der Waals surface area (Å²) in [6, 6.07) is 16.6. The number of aliphatic hydroxyl groups excluding tert-OH is 2. The molecule has 0 radical (unpaired) electrons. The molecule has 0 saturated heterocycles. The molecule has 0 aliphatic heterocycles. The molecule has 0 aromatic heterocycles. The topological polar surface area (TPSA) is 58.9 Å². The van der Waals surface area contributed by atoms with E-state index >= 15 is 0 Å². The maximum Gasteiger partial charge on any atom is 0.162 e.